The van der Waals surface area contributed by atoms with Crippen molar-refractivity contribution in [3.63, 3.8) is 0 Å². The summed E-state index contributed by atoms with van der Waals surface area (Å²) >= 11 is 1.39. The number of carbonyl (C=O) groups is 1. The lowest BCUT2D eigenvalue weighted by molar-refractivity contribution is 0.0803. The number of furan rings is 1. The third kappa shape index (κ3) is 5.25. The van der Waals surface area contributed by atoms with E-state index in [1.54, 1.807) is 42.5 Å². The molecule has 1 unspecified atom stereocenters. The lowest BCUT2D eigenvalue weighted by atomic mass is 10.1. The summed E-state index contributed by atoms with van der Waals surface area (Å²) < 4.78 is 24.9. The summed E-state index contributed by atoms with van der Waals surface area (Å²) in [4.78, 5) is 19.9. The molecule has 4 rings (SSSR count). The minimum atomic E-state index is -0.246. The Labute approximate surface area is 178 Å². The van der Waals surface area contributed by atoms with Crippen molar-refractivity contribution in [1.29, 1.82) is 0 Å². The number of nitrogens with zero attached hydrogens (tertiary/aromatic N) is 2. The fourth-order valence-electron chi connectivity index (χ4n) is 3.41. The monoisotopic (exact) mass is 429 g/mol. The molecule has 30 heavy (non-hydrogen) atoms. The van der Waals surface area contributed by atoms with Gasteiger partial charge in [0.05, 0.1) is 18.9 Å². The first-order valence-electron chi connectivity index (χ1n) is 9.96. The largest absolute Gasteiger partial charge is 0.467 e. The Kier molecular flexibility index (Phi) is 6.44. The quantitative estimate of drug-likeness (QED) is 0.575. The first kappa shape index (κ1) is 20.6. The van der Waals surface area contributed by atoms with E-state index >= 15 is 0 Å². The smallest absolute Gasteiger partial charge is 0.324 e. The fraction of sp³-hybridized carbons (Fsp3) is 0.364. The van der Waals surface area contributed by atoms with Crippen LogP contribution in [-0.2, 0) is 17.7 Å². The molecule has 1 saturated heterocycles. The van der Waals surface area contributed by atoms with Gasteiger partial charge in [-0.2, -0.15) is 0 Å². The zero-order valence-electron chi connectivity index (χ0n) is 16.8. The number of halogens is 1. The van der Waals surface area contributed by atoms with Crippen LogP contribution in [0.5, 0.6) is 0 Å². The number of hydrogen-bond acceptors (Lipinski definition) is 5. The van der Waals surface area contributed by atoms with E-state index in [4.69, 9.17) is 9.15 Å². The molecule has 0 aliphatic carbocycles. The lowest BCUT2D eigenvalue weighted by Gasteiger charge is -2.24. The van der Waals surface area contributed by atoms with Gasteiger partial charge in [0.2, 0.25) is 0 Å². The molecule has 0 spiro atoms. The highest BCUT2D eigenvalue weighted by Gasteiger charge is 2.24. The van der Waals surface area contributed by atoms with Gasteiger partial charge < -0.3 is 14.1 Å². The highest BCUT2D eigenvalue weighted by atomic mass is 32.1. The number of rotatable bonds is 7. The minimum Gasteiger partial charge on any atom is -0.467 e. The van der Waals surface area contributed by atoms with Crippen molar-refractivity contribution in [2.24, 2.45) is 0 Å². The maximum atomic E-state index is 13.8. The number of aryl methyl sites for hydroxylation is 1. The molecule has 0 bridgehead atoms. The average molecular weight is 430 g/mol. The third-order valence-corrected chi connectivity index (χ3v) is 5.96. The maximum Gasteiger partial charge on any atom is 0.324 e. The summed E-state index contributed by atoms with van der Waals surface area (Å²) in [6, 6.07) is 8.62. The topological polar surface area (TPSA) is 67.6 Å². The van der Waals surface area contributed by atoms with Crippen molar-refractivity contribution in [2.75, 3.05) is 18.5 Å². The lowest BCUT2D eigenvalue weighted by Crippen LogP contribution is -2.39. The minimum absolute atomic E-state index is 0.0361. The molecule has 1 aromatic carbocycles. The standard InChI is InChI=1S/C22H24FN3O3S/c1-15-6-7-16(11-20(15)23)10-19-12-24-21(30-19)25-22(27)26(13-17-4-2-8-28-17)14-18-5-3-9-29-18/h2,4,6-8,11-12,18H,3,5,9-10,13-14H2,1H3,(H,24,25,27). The van der Waals surface area contributed by atoms with Crippen molar-refractivity contribution >= 4 is 22.5 Å². The Morgan fingerprint density at radius 2 is 2.30 bits per heavy atom. The van der Waals surface area contributed by atoms with Crippen LogP contribution in [0.15, 0.2) is 47.2 Å². The summed E-state index contributed by atoms with van der Waals surface area (Å²) in [5, 5.41) is 3.39. The summed E-state index contributed by atoms with van der Waals surface area (Å²) in [6.07, 6.45) is 5.87. The number of benzene rings is 1. The van der Waals surface area contributed by atoms with Gasteiger partial charge in [-0.3, -0.25) is 5.32 Å². The molecule has 2 amide bonds. The Morgan fingerprint density at radius 1 is 1.40 bits per heavy atom. The molecule has 1 fully saturated rings. The van der Waals surface area contributed by atoms with Crippen molar-refractivity contribution in [3.8, 4) is 0 Å². The van der Waals surface area contributed by atoms with Gasteiger partial charge in [-0.15, -0.1) is 11.3 Å². The molecule has 0 saturated carbocycles. The van der Waals surface area contributed by atoms with Gasteiger partial charge >= 0.3 is 6.03 Å². The van der Waals surface area contributed by atoms with E-state index in [1.165, 1.54) is 11.3 Å². The molecule has 2 aromatic heterocycles. The summed E-state index contributed by atoms with van der Waals surface area (Å²) in [5.41, 5.74) is 1.50. The molecule has 6 nitrogen and oxygen atoms in total. The van der Waals surface area contributed by atoms with Gasteiger partial charge in [0.25, 0.3) is 0 Å². The van der Waals surface area contributed by atoms with Crippen LogP contribution in [0.3, 0.4) is 0 Å². The summed E-state index contributed by atoms with van der Waals surface area (Å²) in [5.74, 6) is 0.498. The molecule has 1 N–H and O–H groups in total. The Bertz CT molecular complexity index is 983. The number of thiazole rings is 1. The van der Waals surface area contributed by atoms with E-state index < -0.39 is 0 Å². The van der Waals surface area contributed by atoms with E-state index in [2.05, 4.69) is 10.3 Å². The number of hydrogen-bond donors (Lipinski definition) is 1. The Hall–Kier alpha value is -2.71. The van der Waals surface area contributed by atoms with Crippen LogP contribution in [0.25, 0.3) is 0 Å². The number of amides is 2. The number of urea groups is 1. The van der Waals surface area contributed by atoms with Crippen LogP contribution in [0, 0.1) is 12.7 Å². The van der Waals surface area contributed by atoms with Crippen LogP contribution in [0.2, 0.25) is 0 Å². The molecule has 1 aliphatic heterocycles. The van der Waals surface area contributed by atoms with Crippen molar-refractivity contribution in [1.82, 2.24) is 9.88 Å². The van der Waals surface area contributed by atoms with Gasteiger partial charge in [0, 0.05) is 30.6 Å². The predicted molar refractivity (Wildman–Crippen MR) is 113 cm³/mol. The molecule has 3 heterocycles. The first-order valence-corrected chi connectivity index (χ1v) is 10.8. The SMILES string of the molecule is Cc1ccc(Cc2cnc(NC(=O)N(Cc3ccco3)CC3CCCO3)s2)cc1F. The number of ether oxygens (including phenoxy) is 1. The average Bonchev–Trinajstić information content (AvgIpc) is 3.48. The van der Waals surface area contributed by atoms with Crippen LogP contribution in [0.4, 0.5) is 14.3 Å². The molecule has 158 valence electrons. The Balaban J connectivity index is 1.40. The van der Waals surface area contributed by atoms with Crippen LogP contribution >= 0.6 is 11.3 Å². The molecule has 0 radical (unpaired) electrons. The normalized spacial score (nSPS) is 16.0. The molecular weight excluding hydrogens is 405 g/mol. The van der Waals surface area contributed by atoms with Gasteiger partial charge in [0.15, 0.2) is 5.13 Å². The first-order chi connectivity index (χ1) is 14.6. The van der Waals surface area contributed by atoms with Crippen molar-refractivity contribution in [2.45, 2.75) is 38.8 Å². The number of carbonyl (C=O) groups excluding carboxylic acids is 1. The third-order valence-electron chi connectivity index (χ3n) is 5.04. The van der Waals surface area contributed by atoms with Crippen LogP contribution < -0.4 is 5.32 Å². The highest BCUT2D eigenvalue weighted by Crippen LogP contribution is 2.23. The van der Waals surface area contributed by atoms with Crippen molar-refractivity contribution in [3.05, 3.63) is 70.4 Å². The molecule has 1 aliphatic rings. The fourth-order valence-corrected chi connectivity index (χ4v) is 4.25. The molecule has 8 heteroatoms. The van der Waals surface area contributed by atoms with Gasteiger partial charge in [0.1, 0.15) is 11.6 Å². The van der Waals surface area contributed by atoms with Crippen LogP contribution in [-0.4, -0.2) is 35.2 Å². The van der Waals surface area contributed by atoms with E-state index in [1.807, 2.05) is 12.1 Å². The maximum absolute atomic E-state index is 13.8. The summed E-state index contributed by atoms with van der Waals surface area (Å²) in [7, 11) is 0. The van der Waals surface area contributed by atoms with Gasteiger partial charge in [-0.25, -0.2) is 14.2 Å². The van der Waals surface area contributed by atoms with Crippen LogP contribution in [0.1, 0.15) is 34.6 Å². The Morgan fingerprint density at radius 3 is 3.03 bits per heavy atom. The van der Waals surface area contributed by atoms with E-state index in [-0.39, 0.29) is 18.0 Å². The second-order valence-electron chi connectivity index (χ2n) is 7.42. The second-order valence-corrected chi connectivity index (χ2v) is 8.53. The van der Waals surface area contributed by atoms with E-state index in [0.717, 1.165) is 29.9 Å². The zero-order chi connectivity index (χ0) is 20.9. The van der Waals surface area contributed by atoms with Gasteiger partial charge in [-0.05, 0) is 49.1 Å². The number of aromatic nitrogens is 1. The zero-order valence-corrected chi connectivity index (χ0v) is 17.6. The van der Waals surface area contributed by atoms with E-state index in [0.29, 0.717) is 36.0 Å². The molecular formula is C22H24FN3O3S. The number of nitrogens with one attached hydrogen (secondary N) is 1. The van der Waals surface area contributed by atoms with Gasteiger partial charge in [-0.1, -0.05) is 12.1 Å². The van der Waals surface area contributed by atoms with E-state index in [9.17, 15) is 9.18 Å². The van der Waals surface area contributed by atoms with Crippen molar-refractivity contribution < 1.29 is 18.3 Å². The predicted octanol–water partition coefficient (Wildman–Crippen LogP) is 4.99. The summed E-state index contributed by atoms with van der Waals surface area (Å²) in [6.45, 7) is 3.33. The highest BCUT2D eigenvalue weighted by molar-refractivity contribution is 7.15. The molecule has 3 aromatic rings. The number of anilines is 1. The second kappa shape index (κ2) is 9.40. The molecule has 1 atom stereocenters.